The number of halogens is 1. The van der Waals surface area contributed by atoms with Gasteiger partial charge in [0.2, 0.25) is 0 Å². The van der Waals surface area contributed by atoms with Crippen LogP contribution in [0.2, 0.25) is 5.02 Å². The van der Waals surface area contributed by atoms with Crippen LogP contribution in [0.5, 0.6) is 0 Å². The molecule has 0 aromatic heterocycles. The fraction of sp³-hybridized carbons (Fsp3) is 0.462. The fourth-order valence-electron chi connectivity index (χ4n) is 1.62. The fourth-order valence-corrected chi connectivity index (χ4v) is 1.97. The van der Waals surface area contributed by atoms with Crippen LogP contribution in [0.25, 0.3) is 0 Å². The molecule has 0 saturated carbocycles. The van der Waals surface area contributed by atoms with Crippen LogP contribution in [0.4, 0.5) is 5.69 Å². The van der Waals surface area contributed by atoms with Crippen LogP contribution in [0.15, 0.2) is 18.2 Å². The van der Waals surface area contributed by atoms with Gasteiger partial charge in [-0.1, -0.05) is 23.8 Å². The molecule has 3 N–H and O–H groups in total. The summed E-state index contributed by atoms with van der Waals surface area (Å²) in [5.41, 5.74) is 7.38. The molecule has 4 nitrogen and oxygen atoms in total. The summed E-state index contributed by atoms with van der Waals surface area (Å²) in [4.78, 5) is 2.55. The minimum atomic E-state index is 0.368. The van der Waals surface area contributed by atoms with E-state index in [4.69, 9.17) is 34.3 Å². The molecule has 0 aliphatic carbocycles. The van der Waals surface area contributed by atoms with Gasteiger partial charge in [0.15, 0.2) is 0 Å². The van der Waals surface area contributed by atoms with E-state index in [1.807, 2.05) is 19.2 Å². The van der Waals surface area contributed by atoms with Crippen molar-refractivity contribution in [1.82, 2.24) is 4.90 Å². The molecule has 0 unspecified atom stereocenters. The van der Waals surface area contributed by atoms with Crippen molar-refractivity contribution in [1.29, 1.82) is 0 Å². The second-order valence-corrected chi connectivity index (χ2v) is 5.15. The van der Waals surface area contributed by atoms with Crippen molar-refractivity contribution in [3.05, 3.63) is 28.8 Å². The Morgan fingerprint density at radius 1 is 1.47 bits per heavy atom. The molecule has 0 saturated heterocycles. The van der Waals surface area contributed by atoms with Gasteiger partial charge in [0.1, 0.15) is 4.99 Å². The third-order valence-corrected chi connectivity index (χ3v) is 3.19. The van der Waals surface area contributed by atoms with E-state index < -0.39 is 0 Å². The van der Waals surface area contributed by atoms with Gasteiger partial charge in [-0.3, -0.25) is 0 Å². The molecule has 0 fully saturated rings. The van der Waals surface area contributed by atoms with E-state index in [0.29, 0.717) is 10.0 Å². The SMILES string of the molecule is COCCN(C)CCNc1cc(Cl)ccc1C(N)=S. The number of nitrogens with zero attached hydrogens (tertiary/aromatic N) is 1. The molecule has 1 aromatic carbocycles. The third kappa shape index (κ3) is 5.74. The highest BCUT2D eigenvalue weighted by Gasteiger charge is 2.06. The highest BCUT2D eigenvalue weighted by molar-refractivity contribution is 7.80. The molecule has 0 aliphatic rings. The van der Waals surface area contributed by atoms with Gasteiger partial charge in [-0.2, -0.15) is 0 Å². The minimum absolute atomic E-state index is 0.368. The van der Waals surface area contributed by atoms with Gasteiger partial charge >= 0.3 is 0 Å². The first-order valence-corrected chi connectivity index (χ1v) is 6.84. The lowest BCUT2D eigenvalue weighted by Crippen LogP contribution is -2.28. The van der Waals surface area contributed by atoms with Gasteiger partial charge in [0, 0.05) is 43.0 Å². The van der Waals surface area contributed by atoms with E-state index in [0.717, 1.165) is 37.5 Å². The van der Waals surface area contributed by atoms with Gasteiger partial charge < -0.3 is 20.7 Å². The topological polar surface area (TPSA) is 50.5 Å². The zero-order valence-corrected chi connectivity index (χ0v) is 12.9. The van der Waals surface area contributed by atoms with E-state index in [1.54, 1.807) is 13.2 Å². The monoisotopic (exact) mass is 301 g/mol. The summed E-state index contributed by atoms with van der Waals surface area (Å²) in [7, 11) is 3.75. The van der Waals surface area contributed by atoms with Gasteiger partial charge in [0.25, 0.3) is 0 Å². The molecule has 19 heavy (non-hydrogen) atoms. The second kappa shape index (κ2) is 8.32. The Morgan fingerprint density at radius 2 is 2.21 bits per heavy atom. The van der Waals surface area contributed by atoms with Crippen LogP contribution in [0, 0.1) is 0 Å². The number of thiocarbonyl (C=S) groups is 1. The van der Waals surface area contributed by atoms with Gasteiger partial charge in [-0.05, 0) is 25.2 Å². The van der Waals surface area contributed by atoms with Crippen LogP contribution >= 0.6 is 23.8 Å². The molecule has 0 aliphatic heterocycles. The van der Waals surface area contributed by atoms with E-state index in [1.165, 1.54) is 0 Å². The standard InChI is InChI=1S/C13H20ClN3OS/c1-17(7-8-18-2)6-5-16-12-9-10(14)3-4-11(12)13(15)19/h3-4,9,16H,5-8H2,1-2H3,(H2,15,19). The van der Waals surface area contributed by atoms with E-state index in [2.05, 4.69) is 10.2 Å². The average molecular weight is 302 g/mol. The number of rotatable bonds is 8. The summed E-state index contributed by atoms with van der Waals surface area (Å²) < 4.78 is 5.03. The smallest absolute Gasteiger partial charge is 0.106 e. The maximum absolute atomic E-state index is 5.98. The predicted molar refractivity (Wildman–Crippen MR) is 85.2 cm³/mol. The third-order valence-electron chi connectivity index (χ3n) is 2.73. The molecule has 1 aromatic rings. The Hall–Kier alpha value is -0.880. The lowest BCUT2D eigenvalue weighted by atomic mass is 10.2. The lowest BCUT2D eigenvalue weighted by Gasteiger charge is -2.18. The van der Waals surface area contributed by atoms with Crippen molar-refractivity contribution in [2.75, 3.05) is 45.7 Å². The van der Waals surface area contributed by atoms with E-state index in [9.17, 15) is 0 Å². The molecule has 6 heteroatoms. The first-order valence-electron chi connectivity index (χ1n) is 6.05. The number of likely N-dealkylation sites (N-methyl/N-ethyl adjacent to an activating group) is 1. The number of methoxy groups -OCH3 is 1. The van der Waals surface area contributed by atoms with Crippen LogP contribution in [-0.4, -0.2) is 50.3 Å². The summed E-state index contributed by atoms with van der Waals surface area (Å²) in [6.07, 6.45) is 0. The number of nitrogens with two attached hydrogens (primary N) is 1. The van der Waals surface area contributed by atoms with Gasteiger partial charge in [0.05, 0.1) is 6.61 Å². The highest BCUT2D eigenvalue weighted by Crippen LogP contribution is 2.20. The molecular formula is C13H20ClN3OS. The van der Waals surface area contributed by atoms with Crippen molar-refractivity contribution >= 4 is 34.5 Å². The molecule has 0 heterocycles. The average Bonchev–Trinajstić information content (AvgIpc) is 2.36. The summed E-state index contributed by atoms with van der Waals surface area (Å²) in [6.45, 7) is 3.31. The number of hydrogen-bond donors (Lipinski definition) is 2. The van der Waals surface area contributed by atoms with Crippen LogP contribution in [-0.2, 0) is 4.74 Å². The maximum Gasteiger partial charge on any atom is 0.106 e. The summed E-state index contributed by atoms with van der Waals surface area (Å²) in [5.74, 6) is 0. The van der Waals surface area contributed by atoms with Crippen LogP contribution in [0.1, 0.15) is 5.56 Å². The molecule has 1 rings (SSSR count). The number of hydrogen-bond acceptors (Lipinski definition) is 4. The van der Waals surface area contributed by atoms with Gasteiger partial charge in [-0.25, -0.2) is 0 Å². The van der Waals surface area contributed by atoms with Crippen molar-refractivity contribution in [3.8, 4) is 0 Å². The molecular weight excluding hydrogens is 282 g/mol. The molecule has 106 valence electrons. The Kier molecular flexibility index (Phi) is 7.09. The number of nitrogens with one attached hydrogen (secondary N) is 1. The van der Waals surface area contributed by atoms with Crippen molar-refractivity contribution < 1.29 is 4.74 Å². The van der Waals surface area contributed by atoms with Crippen molar-refractivity contribution in [2.24, 2.45) is 5.73 Å². The Balaban J connectivity index is 2.52. The number of benzene rings is 1. The summed E-state index contributed by atoms with van der Waals surface area (Å²) in [5, 5.41) is 3.97. The molecule has 0 radical (unpaired) electrons. The lowest BCUT2D eigenvalue weighted by molar-refractivity contribution is 0.163. The zero-order valence-electron chi connectivity index (χ0n) is 11.3. The Bertz CT molecular complexity index is 428. The number of ether oxygens (including phenoxy) is 1. The van der Waals surface area contributed by atoms with E-state index >= 15 is 0 Å². The van der Waals surface area contributed by atoms with Gasteiger partial charge in [-0.15, -0.1) is 0 Å². The molecule has 0 amide bonds. The van der Waals surface area contributed by atoms with Crippen LogP contribution in [0.3, 0.4) is 0 Å². The first-order chi connectivity index (χ1) is 9.04. The quantitative estimate of drug-likeness (QED) is 0.719. The summed E-state index contributed by atoms with van der Waals surface area (Å²) in [6, 6.07) is 5.46. The summed E-state index contributed by atoms with van der Waals surface area (Å²) >= 11 is 11.0. The largest absolute Gasteiger partial charge is 0.389 e. The minimum Gasteiger partial charge on any atom is -0.389 e. The predicted octanol–water partition coefficient (Wildman–Crippen LogP) is 1.96. The first kappa shape index (κ1) is 16.2. The Morgan fingerprint density at radius 3 is 2.84 bits per heavy atom. The molecule has 0 atom stereocenters. The van der Waals surface area contributed by atoms with Crippen LogP contribution < -0.4 is 11.1 Å². The maximum atomic E-state index is 5.98. The molecule has 0 spiro atoms. The van der Waals surface area contributed by atoms with Crippen molar-refractivity contribution in [2.45, 2.75) is 0 Å². The zero-order chi connectivity index (χ0) is 14.3. The highest BCUT2D eigenvalue weighted by atomic mass is 35.5. The van der Waals surface area contributed by atoms with Crippen molar-refractivity contribution in [3.63, 3.8) is 0 Å². The normalized spacial score (nSPS) is 10.7. The number of anilines is 1. The second-order valence-electron chi connectivity index (χ2n) is 4.28. The van der Waals surface area contributed by atoms with E-state index in [-0.39, 0.29) is 0 Å². The molecule has 0 bridgehead atoms. The Labute approximate surface area is 124 Å².